The summed E-state index contributed by atoms with van der Waals surface area (Å²) in [4.78, 5) is 20.2. The number of aromatic nitrogens is 2. The predicted octanol–water partition coefficient (Wildman–Crippen LogP) is 2.15. The molecule has 0 atom stereocenters. The fraction of sp³-hybridized carbons (Fsp3) is 0.267. The second-order valence-electron chi connectivity index (χ2n) is 5.92. The van der Waals surface area contributed by atoms with E-state index in [2.05, 4.69) is 21.4 Å². The van der Waals surface area contributed by atoms with Gasteiger partial charge in [0.15, 0.2) is 0 Å². The van der Waals surface area contributed by atoms with Gasteiger partial charge in [-0.15, -0.1) is 0 Å². The summed E-state index contributed by atoms with van der Waals surface area (Å²) >= 11 is 5.83. The molecule has 0 saturated carbocycles. The summed E-state index contributed by atoms with van der Waals surface area (Å²) in [5.74, 6) is -0.694. The van der Waals surface area contributed by atoms with Gasteiger partial charge in [-0.3, -0.25) is 10.1 Å². The van der Waals surface area contributed by atoms with Crippen LogP contribution in [-0.4, -0.2) is 42.7 Å². The van der Waals surface area contributed by atoms with Crippen LogP contribution in [0.3, 0.4) is 0 Å². The zero-order chi connectivity index (χ0) is 19.8. The lowest BCUT2D eigenvalue weighted by atomic mass is 10.0. The highest BCUT2D eigenvalue weighted by Crippen LogP contribution is 2.38. The first-order valence-corrected chi connectivity index (χ1v) is 9.89. The molecule has 10 nitrogen and oxygen atoms in total. The van der Waals surface area contributed by atoms with Gasteiger partial charge in [-0.2, -0.15) is 15.2 Å². The molecule has 1 aromatic carbocycles. The first-order valence-electron chi connectivity index (χ1n) is 7.62. The van der Waals surface area contributed by atoms with E-state index in [-0.39, 0.29) is 30.6 Å². The number of halogens is 1. The summed E-state index contributed by atoms with van der Waals surface area (Å²) in [5.41, 5.74) is -0.0288. The van der Waals surface area contributed by atoms with Crippen LogP contribution in [0.2, 0.25) is 5.02 Å². The number of nitriles is 1. The maximum Gasteiger partial charge on any atom is 0.353 e. The van der Waals surface area contributed by atoms with E-state index in [0.29, 0.717) is 10.7 Å². The number of anilines is 3. The zero-order valence-corrected chi connectivity index (χ0v) is 15.5. The average Bonchev–Trinajstić information content (AvgIpc) is 2.54. The van der Waals surface area contributed by atoms with Crippen molar-refractivity contribution in [2.75, 3.05) is 29.6 Å². The first-order chi connectivity index (χ1) is 12.7. The third-order valence-electron chi connectivity index (χ3n) is 3.83. The lowest BCUT2D eigenvalue weighted by molar-refractivity contribution is -0.383. The predicted molar refractivity (Wildman–Crippen MR) is 97.8 cm³/mol. The number of nitrogens with zero attached hydrogens (tertiary/aromatic N) is 5. The maximum absolute atomic E-state index is 12.0. The van der Waals surface area contributed by atoms with Gasteiger partial charge in [0.2, 0.25) is 21.5 Å². The number of nitrogens with one attached hydrogen (secondary N) is 1. The Balaban J connectivity index is 2.13. The Bertz CT molecular complexity index is 1050. The summed E-state index contributed by atoms with van der Waals surface area (Å²) in [6, 6.07) is 8.34. The number of hydrogen-bond acceptors (Lipinski definition) is 9. The van der Waals surface area contributed by atoms with Crippen LogP contribution in [0.1, 0.15) is 0 Å². The molecule has 140 valence electrons. The van der Waals surface area contributed by atoms with E-state index in [0.717, 1.165) is 6.26 Å². The number of nitro groups is 1. The lowest BCUT2D eigenvalue weighted by Gasteiger charge is -2.35. The molecule has 0 amide bonds. The third-order valence-corrected chi connectivity index (χ3v) is 4.93. The van der Waals surface area contributed by atoms with Crippen LogP contribution in [0.15, 0.2) is 29.4 Å². The maximum atomic E-state index is 12.0. The van der Waals surface area contributed by atoms with Crippen molar-refractivity contribution in [3.8, 4) is 6.07 Å². The third kappa shape index (κ3) is 3.91. The first kappa shape index (κ1) is 18.8. The van der Waals surface area contributed by atoms with E-state index in [1.165, 1.54) is 4.90 Å². The molecule has 3 rings (SSSR count). The Morgan fingerprint density at radius 2 is 1.96 bits per heavy atom. The van der Waals surface area contributed by atoms with Crippen LogP contribution in [-0.2, 0) is 9.84 Å². The Hall–Kier alpha value is -2.97. The van der Waals surface area contributed by atoms with E-state index in [1.54, 1.807) is 24.3 Å². The monoisotopic (exact) mass is 408 g/mol. The number of rotatable bonds is 5. The van der Waals surface area contributed by atoms with Crippen molar-refractivity contribution in [1.82, 2.24) is 9.97 Å². The highest BCUT2D eigenvalue weighted by Gasteiger charge is 2.37. The van der Waals surface area contributed by atoms with Crippen molar-refractivity contribution in [1.29, 1.82) is 5.26 Å². The van der Waals surface area contributed by atoms with Crippen LogP contribution in [0, 0.1) is 27.4 Å². The highest BCUT2D eigenvalue weighted by atomic mass is 35.5. The van der Waals surface area contributed by atoms with Crippen molar-refractivity contribution < 1.29 is 13.3 Å². The number of benzene rings is 1. The Morgan fingerprint density at radius 3 is 2.48 bits per heavy atom. The smallest absolute Gasteiger partial charge is 0.348 e. The zero-order valence-electron chi connectivity index (χ0n) is 14.0. The fourth-order valence-corrected chi connectivity index (χ4v) is 3.10. The molecule has 0 spiro atoms. The summed E-state index contributed by atoms with van der Waals surface area (Å²) in [5, 5.41) is 23.3. The number of sulfone groups is 1. The molecule has 1 fully saturated rings. The van der Waals surface area contributed by atoms with Crippen LogP contribution in [0.4, 0.5) is 23.0 Å². The quantitative estimate of drug-likeness (QED) is 0.447. The second kappa shape index (κ2) is 6.98. The highest BCUT2D eigenvalue weighted by molar-refractivity contribution is 7.90. The van der Waals surface area contributed by atoms with Gasteiger partial charge < -0.3 is 10.2 Å². The molecule has 12 heteroatoms. The molecule has 1 N–H and O–H groups in total. The second-order valence-corrected chi connectivity index (χ2v) is 8.27. The topological polar surface area (TPSA) is 142 Å². The van der Waals surface area contributed by atoms with Gasteiger partial charge in [0, 0.05) is 30.1 Å². The van der Waals surface area contributed by atoms with E-state index in [9.17, 15) is 18.5 Å². The molecule has 27 heavy (non-hydrogen) atoms. The van der Waals surface area contributed by atoms with E-state index >= 15 is 0 Å². The van der Waals surface area contributed by atoms with E-state index < -0.39 is 25.6 Å². The molecular weight excluding hydrogens is 396 g/mol. The van der Waals surface area contributed by atoms with Gasteiger partial charge in [-0.05, 0) is 24.3 Å². The van der Waals surface area contributed by atoms with Crippen LogP contribution < -0.4 is 10.2 Å². The Morgan fingerprint density at radius 1 is 1.33 bits per heavy atom. The van der Waals surface area contributed by atoms with Crippen LogP contribution in [0.5, 0.6) is 0 Å². The van der Waals surface area contributed by atoms with Crippen molar-refractivity contribution in [2.45, 2.75) is 5.16 Å². The van der Waals surface area contributed by atoms with E-state index in [4.69, 9.17) is 16.9 Å². The minimum absolute atomic E-state index is 0.140. The molecule has 1 saturated heterocycles. The lowest BCUT2D eigenvalue weighted by Crippen LogP contribution is -2.47. The summed E-state index contributed by atoms with van der Waals surface area (Å²) in [6.45, 7) is 0.440. The van der Waals surface area contributed by atoms with E-state index in [1.807, 2.05) is 0 Å². The van der Waals surface area contributed by atoms with Crippen molar-refractivity contribution in [3.63, 3.8) is 0 Å². The molecule has 0 bridgehead atoms. The Labute approximate surface area is 159 Å². The number of hydrogen-bond donors (Lipinski definition) is 1. The van der Waals surface area contributed by atoms with Crippen molar-refractivity contribution in [3.05, 3.63) is 39.4 Å². The normalized spacial score (nSPS) is 14.3. The van der Waals surface area contributed by atoms with Gasteiger partial charge in [0.1, 0.15) is 0 Å². The summed E-state index contributed by atoms with van der Waals surface area (Å²) in [7, 11) is -3.82. The molecule has 2 aromatic rings. The van der Waals surface area contributed by atoms with Gasteiger partial charge in [-0.25, -0.2) is 8.42 Å². The van der Waals surface area contributed by atoms with Crippen LogP contribution >= 0.6 is 11.6 Å². The van der Waals surface area contributed by atoms with Crippen molar-refractivity contribution in [2.24, 2.45) is 5.92 Å². The van der Waals surface area contributed by atoms with Gasteiger partial charge in [0.05, 0.1) is 16.9 Å². The molecule has 2 heterocycles. The minimum atomic E-state index is -3.82. The van der Waals surface area contributed by atoms with Gasteiger partial charge >= 0.3 is 5.69 Å². The summed E-state index contributed by atoms with van der Waals surface area (Å²) in [6.07, 6.45) is 0.915. The van der Waals surface area contributed by atoms with Gasteiger partial charge in [-0.1, -0.05) is 11.6 Å². The molecular formula is C15H13ClN6O4S. The molecule has 1 aromatic heterocycles. The largest absolute Gasteiger partial charge is 0.353 e. The fourth-order valence-electron chi connectivity index (χ4n) is 2.47. The minimum Gasteiger partial charge on any atom is -0.348 e. The molecule has 0 aliphatic carbocycles. The van der Waals surface area contributed by atoms with Crippen LogP contribution in [0.25, 0.3) is 0 Å². The summed E-state index contributed by atoms with van der Waals surface area (Å²) < 4.78 is 23.9. The molecule has 1 aliphatic rings. The average molecular weight is 409 g/mol. The SMILES string of the molecule is CS(=O)(=O)c1nc(Nc2ccc(Cl)cc2)c([N+](=O)[O-])c(N2CC(C#N)C2)n1. The van der Waals surface area contributed by atoms with Crippen molar-refractivity contribution >= 4 is 44.4 Å². The molecule has 0 radical (unpaired) electrons. The Kier molecular flexibility index (Phi) is 4.86. The molecule has 1 aliphatic heterocycles. The molecule has 0 unspecified atom stereocenters. The van der Waals surface area contributed by atoms with Gasteiger partial charge in [0.25, 0.3) is 5.16 Å². The standard InChI is InChI=1S/C15H13ClN6O4S/c1-27(25,26)15-19-13(18-11-4-2-10(16)3-5-11)12(22(23)24)14(20-15)21-7-9(6-17)8-21/h2-5,9H,7-8H2,1H3,(H,18,19,20).